The fourth-order valence-electron chi connectivity index (χ4n) is 3.43. The molecule has 1 saturated heterocycles. The van der Waals surface area contributed by atoms with E-state index in [0.29, 0.717) is 11.8 Å². The van der Waals surface area contributed by atoms with Gasteiger partial charge in [0.15, 0.2) is 0 Å². The van der Waals surface area contributed by atoms with Gasteiger partial charge in [-0.2, -0.15) is 5.10 Å². The molecule has 0 aromatic carbocycles. The number of ether oxygens (including phenoxy) is 1. The van der Waals surface area contributed by atoms with Gasteiger partial charge in [-0.05, 0) is 18.8 Å². The van der Waals surface area contributed by atoms with E-state index in [1.807, 2.05) is 17.7 Å². The van der Waals surface area contributed by atoms with Gasteiger partial charge in [0.05, 0.1) is 12.2 Å². The van der Waals surface area contributed by atoms with Gasteiger partial charge in [0, 0.05) is 44.5 Å². The molecule has 0 bridgehead atoms. The SMILES string of the molecule is C=CCn1cc(CN2C[C@H](NC(=O)COC)[C@@H](C(C)C)C2)c(C)n1.Cl. The van der Waals surface area contributed by atoms with Crippen molar-refractivity contribution in [1.29, 1.82) is 0 Å². The highest BCUT2D eigenvalue weighted by molar-refractivity contribution is 5.85. The Kier molecular flexibility index (Phi) is 8.62. The van der Waals surface area contributed by atoms with Crippen molar-refractivity contribution >= 4 is 18.3 Å². The number of hydrogen-bond donors (Lipinski definition) is 1. The first-order valence-electron chi connectivity index (χ1n) is 8.59. The van der Waals surface area contributed by atoms with Gasteiger partial charge in [-0.15, -0.1) is 19.0 Å². The quantitative estimate of drug-likeness (QED) is 0.711. The minimum absolute atomic E-state index is 0. The summed E-state index contributed by atoms with van der Waals surface area (Å²) in [5.74, 6) is 0.937. The van der Waals surface area contributed by atoms with Crippen molar-refractivity contribution in [3.63, 3.8) is 0 Å². The number of carbonyl (C=O) groups excluding carboxylic acids is 1. The molecule has 1 aromatic heterocycles. The van der Waals surface area contributed by atoms with Crippen LogP contribution in [0.5, 0.6) is 0 Å². The molecule has 0 unspecified atom stereocenters. The predicted octanol–water partition coefficient (Wildman–Crippen LogP) is 2.02. The number of likely N-dealkylation sites (tertiary alicyclic amines) is 1. The average Bonchev–Trinajstić information content (AvgIpc) is 3.04. The predicted molar refractivity (Wildman–Crippen MR) is 102 cm³/mol. The zero-order valence-corrected chi connectivity index (χ0v) is 16.5. The van der Waals surface area contributed by atoms with Crippen LogP contribution in [0.3, 0.4) is 0 Å². The van der Waals surface area contributed by atoms with E-state index in [9.17, 15) is 4.79 Å². The summed E-state index contributed by atoms with van der Waals surface area (Å²) < 4.78 is 6.85. The number of amides is 1. The number of carbonyl (C=O) groups is 1. The van der Waals surface area contributed by atoms with E-state index < -0.39 is 0 Å². The molecule has 6 nitrogen and oxygen atoms in total. The number of allylic oxidation sites excluding steroid dienone is 1. The Morgan fingerprint density at radius 1 is 1.52 bits per heavy atom. The second-order valence-corrected chi connectivity index (χ2v) is 6.96. The monoisotopic (exact) mass is 370 g/mol. The molecule has 0 saturated carbocycles. The first-order valence-corrected chi connectivity index (χ1v) is 8.59. The zero-order chi connectivity index (χ0) is 17.7. The lowest BCUT2D eigenvalue weighted by Gasteiger charge is -2.22. The smallest absolute Gasteiger partial charge is 0.246 e. The molecule has 0 aliphatic carbocycles. The van der Waals surface area contributed by atoms with E-state index in [1.165, 1.54) is 5.56 Å². The van der Waals surface area contributed by atoms with Crippen LogP contribution in [0.1, 0.15) is 25.1 Å². The lowest BCUT2D eigenvalue weighted by atomic mass is 9.91. The standard InChI is InChI=1S/C18H30N4O2.ClH/c1-6-7-22-9-15(14(4)20-22)8-21-10-16(13(2)3)17(11-21)19-18(23)12-24-5;/h6,9,13,16-17H,1,7-8,10-12H2,2-5H3,(H,19,23);1H/t16-,17+;/m1./s1. The summed E-state index contributed by atoms with van der Waals surface area (Å²) >= 11 is 0. The van der Waals surface area contributed by atoms with Crippen LogP contribution in [-0.4, -0.2) is 53.4 Å². The largest absolute Gasteiger partial charge is 0.375 e. The van der Waals surface area contributed by atoms with E-state index in [0.717, 1.165) is 31.9 Å². The van der Waals surface area contributed by atoms with Crippen LogP contribution in [0.25, 0.3) is 0 Å². The summed E-state index contributed by atoms with van der Waals surface area (Å²) in [6.45, 7) is 13.8. The third-order valence-electron chi connectivity index (χ3n) is 4.68. The summed E-state index contributed by atoms with van der Waals surface area (Å²) in [5.41, 5.74) is 2.30. The number of methoxy groups -OCH3 is 1. The molecule has 1 fully saturated rings. The van der Waals surface area contributed by atoms with E-state index >= 15 is 0 Å². The fourth-order valence-corrected chi connectivity index (χ4v) is 3.43. The van der Waals surface area contributed by atoms with Crippen LogP contribution >= 0.6 is 12.4 Å². The summed E-state index contributed by atoms with van der Waals surface area (Å²) in [6.07, 6.45) is 3.94. The van der Waals surface area contributed by atoms with Gasteiger partial charge < -0.3 is 10.1 Å². The van der Waals surface area contributed by atoms with Gasteiger partial charge in [0.1, 0.15) is 6.61 Å². The molecule has 1 aliphatic heterocycles. The molecule has 1 amide bonds. The number of nitrogens with zero attached hydrogens (tertiary/aromatic N) is 3. The molecule has 1 N–H and O–H groups in total. The number of halogens is 1. The average molecular weight is 371 g/mol. The molecule has 2 atom stereocenters. The summed E-state index contributed by atoms with van der Waals surface area (Å²) in [4.78, 5) is 14.3. The number of hydrogen-bond acceptors (Lipinski definition) is 4. The highest BCUT2D eigenvalue weighted by Gasteiger charge is 2.35. The number of aryl methyl sites for hydroxylation is 1. The first-order chi connectivity index (χ1) is 11.4. The van der Waals surface area contributed by atoms with Gasteiger partial charge in [0.2, 0.25) is 5.91 Å². The van der Waals surface area contributed by atoms with E-state index in [1.54, 1.807) is 7.11 Å². The van der Waals surface area contributed by atoms with Crippen molar-refractivity contribution < 1.29 is 9.53 Å². The Labute approximate surface area is 157 Å². The van der Waals surface area contributed by atoms with Crippen LogP contribution in [0, 0.1) is 18.8 Å². The van der Waals surface area contributed by atoms with Crippen molar-refractivity contribution in [2.24, 2.45) is 11.8 Å². The zero-order valence-electron chi connectivity index (χ0n) is 15.7. The molecular weight excluding hydrogens is 340 g/mol. The number of aromatic nitrogens is 2. The van der Waals surface area contributed by atoms with Crippen molar-refractivity contribution in [3.8, 4) is 0 Å². The van der Waals surface area contributed by atoms with Crippen molar-refractivity contribution in [2.45, 2.75) is 39.9 Å². The summed E-state index contributed by atoms with van der Waals surface area (Å²) in [5, 5.41) is 7.65. The van der Waals surface area contributed by atoms with Gasteiger partial charge in [-0.1, -0.05) is 19.9 Å². The van der Waals surface area contributed by atoms with Crippen molar-refractivity contribution in [3.05, 3.63) is 30.1 Å². The first kappa shape index (κ1) is 21.7. The van der Waals surface area contributed by atoms with Gasteiger partial charge in [0.25, 0.3) is 0 Å². The van der Waals surface area contributed by atoms with Gasteiger partial charge >= 0.3 is 0 Å². The van der Waals surface area contributed by atoms with Gasteiger partial charge in [-0.25, -0.2) is 0 Å². The molecule has 2 heterocycles. The molecule has 0 radical (unpaired) electrons. The Morgan fingerprint density at radius 3 is 2.84 bits per heavy atom. The summed E-state index contributed by atoms with van der Waals surface area (Å²) in [6, 6.07) is 0.177. The number of nitrogens with one attached hydrogen (secondary N) is 1. The molecule has 0 spiro atoms. The maximum Gasteiger partial charge on any atom is 0.246 e. The second-order valence-electron chi connectivity index (χ2n) is 6.96. The highest BCUT2D eigenvalue weighted by atomic mass is 35.5. The van der Waals surface area contributed by atoms with Crippen molar-refractivity contribution in [1.82, 2.24) is 20.0 Å². The van der Waals surface area contributed by atoms with Crippen LogP contribution in [-0.2, 0) is 22.6 Å². The maximum absolute atomic E-state index is 11.9. The third-order valence-corrected chi connectivity index (χ3v) is 4.68. The summed E-state index contributed by atoms with van der Waals surface area (Å²) in [7, 11) is 1.55. The van der Waals surface area contributed by atoms with Crippen LogP contribution in [0.2, 0.25) is 0 Å². The molecule has 7 heteroatoms. The molecule has 142 valence electrons. The van der Waals surface area contributed by atoms with E-state index in [-0.39, 0.29) is 31.0 Å². The molecule has 1 aromatic rings. The molecule has 2 rings (SSSR count). The van der Waals surface area contributed by atoms with Crippen LogP contribution < -0.4 is 5.32 Å². The van der Waals surface area contributed by atoms with E-state index in [4.69, 9.17) is 4.74 Å². The maximum atomic E-state index is 11.9. The topological polar surface area (TPSA) is 59.4 Å². The number of rotatable bonds is 8. The fraction of sp³-hybridized carbons (Fsp3) is 0.667. The molecule has 1 aliphatic rings. The second kappa shape index (κ2) is 9.94. The lowest BCUT2D eigenvalue weighted by molar-refractivity contribution is -0.125. The van der Waals surface area contributed by atoms with Crippen molar-refractivity contribution in [2.75, 3.05) is 26.8 Å². The Morgan fingerprint density at radius 2 is 2.24 bits per heavy atom. The Hall–Kier alpha value is -1.37. The minimum Gasteiger partial charge on any atom is -0.375 e. The Balaban J connectivity index is 0.00000312. The van der Waals surface area contributed by atoms with Gasteiger partial charge in [-0.3, -0.25) is 14.4 Å². The highest BCUT2D eigenvalue weighted by Crippen LogP contribution is 2.26. The lowest BCUT2D eigenvalue weighted by Crippen LogP contribution is -2.43. The van der Waals surface area contributed by atoms with Crippen LogP contribution in [0.4, 0.5) is 0 Å². The molecule has 25 heavy (non-hydrogen) atoms. The van der Waals surface area contributed by atoms with Crippen LogP contribution in [0.15, 0.2) is 18.9 Å². The molecular formula is C18H31ClN4O2. The third kappa shape index (κ3) is 5.83. The minimum atomic E-state index is -0.0371. The normalized spacial score (nSPS) is 20.5. The van der Waals surface area contributed by atoms with E-state index in [2.05, 4.69) is 41.9 Å². The Bertz CT molecular complexity index is 573.